The van der Waals surface area contributed by atoms with Crippen molar-refractivity contribution in [1.82, 2.24) is 4.98 Å². The molecule has 21 heavy (non-hydrogen) atoms. The van der Waals surface area contributed by atoms with E-state index in [2.05, 4.69) is 4.98 Å². The van der Waals surface area contributed by atoms with Crippen LogP contribution < -0.4 is 0 Å². The second kappa shape index (κ2) is 6.49. The van der Waals surface area contributed by atoms with Gasteiger partial charge in [-0.3, -0.25) is 14.9 Å². The summed E-state index contributed by atoms with van der Waals surface area (Å²) >= 11 is 1.34. The smallest absolute Gasteiger partial charge is 0.270 e. The van der Waals surface area contributed by atoms with Crippen molar-refractivity contribution in [2.45, 2.75) is 18.9 Å². The van der Waals surface area contributed by atoms with Crippen molar-refractivity contribution in [1.29, 1.82) is 0 Å². The number of hydrogen-bond acceptors (Lipinski definition) is 5. The highest BCUT2D eigenvalue weighted by molar-refractivity contribution is 7.99. The molecule has 0 fully saturated rings. The van der Waals surface area contributed by atoms with Crippen molar-refractivity contribution in [2.75, 3.05) is 5.75 Å². The molecule has 6 heteroatoms. The molecule has 0 saturated carbocycles. The molecular formula is C15H14N2O3S. The molecule has 108 valence electrons. The summed E-state index contributed by atoms with van der Waals surface area (Å²) in [5.41, 5.74) is 2.27. The maximum atomic E-state index is 12.1. The zero-order valence-corrected chi connectivity index (χ0v) is 12.5. The minimum Gasteiger partial charge on any atom is -0.293 e. The Bertz CT molecular complexity index is 681. The van der Waals surface area contributed by atoms with Gasteiger partial charge >= 0.3 is 0 Å². The molecule has 1 aromatic carbocycles. The first-order valence-corrected chi connectivity index (χ1v) is 7.30. The number of benzene rings is 1. The lowest BCUT2D eigenvalue weighted by Crippen LogP contribution is -2.03. The lowest BCUT2D eigenvalue weighted by Gasteiger charge is -2.04. The SMILES string of the molecule is Cc1cc(C)nc(SCC(=O)c2cccc([N+](=O)[O-])c2)c1. The number of carbonyl (C=O) groups is 1. The van der Waals surface area contributed by atoms with Crippen LogP contribution in [0.3, 0.4) is 0 Å². The van der Waals surface area contributed by atoms with Crippen molar-refractivity contribution < 1.29 is 9.72 Å². The van der Waals surface area contributed by atoms with E-state index in [1.54, 1.807) is 6.07 Å². The Labute approximate surface area is 126 Å². The van der Waals surface area contributed by atoms with Crippen LogP contribution in [0.1, 0.15) is 21.6 Å². The van der Waals surface area contributed by atoms with Crippen LogP contribution in [0.4, 0.5) is 5.69 Å². The third kappa shape index (κ3) is 4.13. The zero-order chi connectivity index (χ0) is 15.4. The van der Waals surface area contributed by atoms with Gasteiger partial charge in [-0.1, -0.05) is 23.9 Å². The highest BCUT2D eigenvalue weighted by atomic mass is 32.2. The van der Waals surface area contributed by atoms with E-state index in [-0.39, 0.29) is 17.2 Å². The summed E-state index contributed by atoms with van der Waals surface area (Å²) in [6.45, 7) is 3.88. The van der Waals surface area contributed by atoms with Gasteiger partial charge in [0.15, 0.2) is 5.78 Å². The van der Waals surface area contributed by atoms with E-state index < -0.39 is 4.92 Å². The molecule has 0 N–H and O–H groups in total. The van der Waals surface area contributed by atoms with Crippen LogP contribution >= 0.6 is 11.8 Å². The fourth-order valence-corrected chi connectivity index (χ4v) is 2.82. The van der Waals surface area contributed by atoms with E-state index in [1.807, 2.05) is 26.0 Å². The molecule has 1 heterocycles. The first-order chi connectivity index (χ1) is 9.95. The summed E-state index contributed by atoms with van der Waals surface area (Å²) in [7, 11) is 0. The Morgan fingerprint density at radius 2 is 2.05 bits per heavy atom. The molecule has 0 radical (unpaired) electrons. The fourth-order valence-electron chi connectivity index (χ4n) is 1.89. The summed E-state index contributed by atoms with van der Waals surface area (Å²) in [5.74, 6) is 0.0570. The number of nitrogens with zero attached hydrogens (tertiary/aromatic N) is 2. The molecule has 1 aromatic heterocycles. The Morgan fingerprint density at radius 1 is 1.29 bits per heavy atom. The fraction of sp³-hybridized carbons (Fsp3) is 0.200. The molecule has 0 spiro atoms. The Morgan fingerprint density at radius 3 is 2.71 bits per heavy atom. The van der Waals surface area contributed by atoms with Crippen LogP contribution in [-0.2, 0) is 0 Å². The van der Waals surface area contributed by atoms with Gasteiger partial charge in [0, 0.05) is 23.4 Å². The molecule has 0 aliphatic heterocycles. The van der Waals surface area contributed by atoms with Crippen LogP contribution in [0.2, 0.25) is 0 Å². The Hall–Kier alpha value is -2.21. The molecule has 2 rings (SSSR count). The van der Waals surface area contributed by atoms with Crippen molar-refractivity contribution >= 4 is 23.2 Å². The molecule has 0 amide bonds. The number of ketones is 1. The molecule has 5 nitrogen and oxygen atoms in total. The van der Waals surface area contributed by atoms with E-state index in [4.69, 9.17) is 0 Å². The maximum Gasteiger partial charge on any atom is 0.270 e. The first-order valence-electron chi connectivity index (χ1n) is 6.31. The highest BCUT2D eigenvalue weighted by Crippen LogP contribution is 2.20. The number of thioether (sulfide) groups is 1. The molecule has 0 bridgehead atoms. The van der Waals surface area contributed by atoms with Crippen LogP contribution in [0, 0.1) is 24.0 Å². The third-order valence-corrected chi connectivity index (χ3v) is 3.72. The predicted molar refractivity (Wildman–Crippen MR) is 81.9 cm³/mol. The average Bonchev–Trinajstić information content (AvgIpc) is 2.44. The van der Waals surface area contributed by atoms with E-state index in [1.165, 1.54) is 30.0 Å². The molecule has 0 aliphatic rings. The highest BCUT2D eigenvalue weighted by Gasteiger charge is 2.12. The quantitative estimate of drug-likeness (QED) is 0.365. The van der Waals surface area contributed by atoms with Gasteiger partial charge in [-0.2, -0.15) is 0 Å². The predicted octanol–water partition coefficient (Wildman–Crippen LogP) is 3.58. The topological polar surface area (TPSA) is 73.1 Å². The molecule has 0 atom stereocenters. The van der Waals surface area contributed by atoms with Crippen LogP contribution in [0.25, 0.3) is 0 Å². The second-order valence-electron chi connectivity index (χ2n) is 4.64. The Balaban J connectivity index is 2.08. The van der Waals surface area contributed by atoms with Gasteiger partial charge < -0.3 is 0 Å². The average molecular weight is 302 g/mol. The number of hydrogen-bond donors (Lipinski definition) is 0. The number of nitro benzene ring substituents is 1. The summed E-state index contributed by atoms with van der Waals surface area (Å²) in [6.07, 6.45) is 0. The molecule has 0 unspecified atom stereocenters. The van der Waals surface area contributed by atoms with Crippen LogP contribution in [-0.4, -0.2) is 21.4 Å². The van der Waals surface area contributed by atoms with Gasteiger partial charge in [0.05, 0.1) is 15.7 Å². The summed E-state index contributed by atoms with van der Waals surface area (Å²) in [4.78, 5) is 26.6. The molecule has 2 aromatic rings. The lowest BCUT2D eigenvalue weighted by atomic mass is 10.1. The third-order valence-electron chi connectivity index (χ3n) is 2.80. The van der Waals surface area contributed by atoms with Crippen molar-refractivity contribution in [3.8, 4) is 0 Å². The number of carbonyl (C=O) groups excluding carboxylic acids is 1. The van der Waals surface area contributed by atoms with Gasteiger partial charge in [0.1, 0.15) is 0 Å². The lowest BCUT2D eigenvalue weighted by molar-refractivity contribution is -0.384. The summed E-state index contributed by atoms with van der Waals surface area (Å²) in [6, 6.07) is 9.66. The largest absolute Gasteiger partial charge is 0.293 e. The van der Waals surface area contributed by atoms with Crippen molar-refractivity contribution in [2.24, 2.45) is 0 Å². The molecule has 0 aliphatic carbocycles. The number of non-ortho nitro benzene ring substituents is 1. The van der Waals surface area contributed by atoms with E-state index in [0.717, 1.165) is 16.3 Å². The van der Waals surface area contributed by atoms with Crippen LogP contribution in [0.5, 0.6) is 0 Å². The number of aromatic nitrogens is 1. The minimum absolute atomic E-state index is 0.0737. The summed E-state index contributed by atoms with van der Waals surface area (Å²) < 4.78 is 0. The standard InChI is InChI=1S/C15H14N2O3S/c1-10-6-11(2)16-15(7-10)21-9-14(18)12-4-3-5-13(8-12)17(19)20/h3-8H,9H2,1-2H3. The van der Waals surface area contributed by atoms with Gasteiger partial charge in [-0.05, 0) is 31.5 Å². The molecule has 0 saturated heterocycles. The van der Waals surface area contributed by atoms with E-state index in [9.17, 15) is 14.9 Å². The van der Waals surface area contributed by atoms with Gasteiger partial charge in [-0.15, -0.1) is 0 Å². The minimum atomic E-state index is -0.505. The zero-order valence-electron chi connectivity index (χ0n) is 11.7. The molecular weight excluding hydrogens is 288 g/mol. The van der Waals surface area contributed by atoms with Crippen molar-refractivity contribution in [3.63, 3.8) is 0 Å². The van der Waals surface area contributed by atoms with Gasteiger partial charge in [0.25, 0.3) is 5.69 Å². The van der Waals surface area contributed by atoms with Gasteiger partial charge in [0.2, 0.25) is 0 Å². The first kappa shape index (κ1) is 15.2. The number of rotatable bonds is 5. The van der Waals surface area contributed by atoms with E-state index >= 15 is 0 Å². The number of pyridine rings is 1. The second-order valence-corrected chi connectivity index (χ2v) is 5.64. The normalized spacial score (nSPS) is 10.4. The van der Waals surface area contributed by atoms with Gasteiger partial charge in [-0.25, -0.2) is 4.98 Å². The number of aryl methyl sites for hydroxylation is 2. The Kier molecular flexibility index (Phi) is 4.70. The van der Waals surface area contributed by atoms with Crippen molar-refractivity contribution in [3.05, 3.63) is 63.3 Å². The van der Waals surface area contributed by atoms with Crippen LogP contribution in [0.15, 0.2) is 41.4 Å². The monoisotopic (exact) mass is 302 g/mol. The number of Topliss-reactive ketones (excluding diaryl/α,β-unsaturated/α-hetero) is 1. The van der Waals surface area contributed by atoms with E-state index in [0.29, 0.717) is 5.56 Å². The summed E-state index contributed by atoms with van der Waals surface area (Å²) in [5, 5.41) is 11.5. The maximum absolute atomic E-state index is 12.1. The number of nitro groups is 1.